The minimum atomic E-state index is -0.142. The topological polar surface area (TPSA) is 77.1 Å². The number of piperidine rings is 1. The normalized spacial score (nSPS) is 14.2. The molecule has 0 spiro atoms. The maximum absolute atomic E-state index is 12.8. The Bertz CT molecular complexity index is 891. The summed E-state index contributed by atoms with van der Waals surface area (Å²) in [5, 5.41) is 2.99. The first-order valence-electron chi connectivity index (χ1n) is 10.00. The average Bonchev–Trinajstić information content (AvgIpc) is 2.81. The number of rotatable bonds is 7. The molecule has 30 heavy (non-hydrogen) atoms. The zero-order valence-electron chi connectivity index (χ0n) is 17.6. The molecule has 1 N–H and O–H groups in total. The van der Waals surface area contributed by atoms with Gasteiger partial charge in [-0.05, 0) is 49.1 Å². The fourth-order valence-electron chi connectivity index (χ4n) is 3.66. The van der Waals surface area contributed by atoms with Crippen LogP contribution in [0.4, 0.5) is 0 Å². The van der Waals surface area contributed by atoms with Crippen molar-refractivity contribution in [1.29, 1.82) is 0 Å². The second kappa shape index (κ2) is 10.0. The third kappa shape index (κ3) is 4.84. The summed E-state index contributed by atoms with van der Waals surface area (Å²) in [6.45, 7) is 1.89. The second-order valence-corrected chi connectivity index (χ2v) is 7.22. The molecule has 1 heterocycles. The summed E-state index contributed by atoms with van der Waals surface area (Å²) in [5.41, 5.74) is 1.11. The number of para-hydroxylation sites is 1. The summed E-state index contributed by atoms with van der Waals surface area (Å²) in [7, 11) is 4.67. The Kier molecular flexibility index (Phi) is 7.17. The summed E-state index contributed by atoms with van der Waals surface area (Å²) in [4.78, 5) is 27.1. The quantitative estimate of drug-likeness (QED) is 0.757. The summed E-state index contributed by atoms with van der Waals surface area (Å²) < 4.78 is 15.8. The monoisotopic (exact) mass is 412 g/mol. The Morgan fingerprint density at radius 1 is 0.933 bits per heavy atom. The molecule has 1 aliphatic heterocycles. The lowest BCUT2D eigenvalue weighted by Gasteiger charge is -2.32. The van der Waals surface area contributed by atoms with Crippen LogP contribution in [-0.2, 0) is 0 Å². The highest BCUT2D eigenvalue weighted by atomic mass is 16.5. The highest BCUT2D eigenvalue weighted by Gasteiger charge is 2.25. The van der Waals surface area contributed by atoms with Gasteiger partial charge in [-0.2, -0.15) is 0 Å². The molecular weight excluding hydrogens is 384 g/mol. The van der Waals surface area contributed by atoms with Gasteiger partial charge in [0.2, 0.25) is 0 Å². The maximum atomic E-state index is 12.8. The third-order valence-electron chi connectivity index (χ3n) is 5.44. The fourth-order valence-corrected chi connectivity index (χ4v) is 3.66. The molecule has 2 aromatic rings. The van der Waals surface area contributed by atoms with E-state index in [4.69, 9.17) is 14.2 Å². The number of likely N-dealkylation sites (tertiary alicyclic amines) is 1. The smallest absolute Gasteiger partial charge is 0.255 e. The van der Waals surface area contributed by atoms with Gasteiger partial charge in [-0.3, -0.25) is 9.59 Å². The molecule has 7 heteroatoms. The molecule has 2 amide bonds. The van der Waals surface area contributed by atoms with E-state index in [9.17, 15) is 9.59 Å². The van der Waals surface area contributed by atoms with Crippen LogP contribution < -0.4 is 19.5 Å². The van der Waals surface area contributed by atoms with E-state index in [1.54, 1.807) is 51.7 Å². The number of carbonyl (C=O) groups is 2. The van der Waals surface area contributed by atoms with Crippen molar-refractivity contribution in [2.75, 3.05) is 41.0 Å². The fraction of sp³-hybridized carbons (Fsp3) is 0.391. The van der Waals surface area contributed by atoms with Crippen LogP contribution in [-0.4, -0.2) is 57.7 Å². The van der Waals surface area contributed by atoms with Gasteiger partial charge >= 0.3 is 0 Å². The van der Waals surface area contributed by atoms with E-state index in [-0.39, 0.29) is 11.8 Å². The van der Waals surface area contributed by atoms with Crippen molar-refractivity contribution in [1.82, 2.24) is 10.2 Å². The lowest BCUT2D eigenvalue weighted by atomic mass is 9.96. The van der Waals surface area contributed by atoms with Crippen molar-refractivity contribution in [2.24, 2.45) is 5.92 Å². The molecule has 2 aromatic carbocycles. The number of nitrogens with zero attached hydrogens (tertiary/aromatic N) is 1. The van der Waals surface area contributed by atoms with Crippen molar-refractivity contribution in [2.45, 2.75) is 12.8 Å². The third-order valence-corrected chi connectivity index (χ3v) is 5.44. The molecule has 3 rings (SSSR count). The number of methoxy groups -OCH3 is 3. The van der Waals surface area contributed by atoms with Crippen molar-refractivity contribution in [3.05, 3.63) is 53.6 Å². The summed E-state index contributed by atoms with van der Waals surface area (Å²) >= 11 is 0. The molecule has 1 saturated heterocycles. The van der Waals surface area contributed by atoms with E-state index >= 15 is 0 Å². The molecule has 0 aliphatic carbocycles. The van der Waals surface area contributed by atoms with Gasteiger partial charge in [0.05, 0.1) is 26.9 Å². The van der Waals surface area contributed by atoms with Crippen molar-refractivity contribution >= 4 is 11.8 Å². The van der Waals surface area contributed by atoms with Gasteiger partial charge in [-0.1, -0.05) is 12.1 Å². The Morgan fingerprint density at radius 2 is 1.60 bits per heavy atom. The van der Waals surface area contributed by atoms with E-state index in [0.717, 1.165) is 12.8 Å². The van der Waals surface area contributed by atoms with Crippen molar-refractivity contribution in [3.8, 4) is 17.2 Å². The molecule has 0 atom stereocenters. The van der Waals surface area contributed by atoms with Crippen LogP contribution in [0.3, 0.4) is 0 Å². The highest BCUT2D eigenvalue weighted by molar-refractivity contribution is 5.97. The van der Waals surface area contributed by atoms with Gasteiger partial charge in [0.15, 0.2) is 11.5 Å². The molecule has 1 fully saturated rings. The van der Waals surface area contributed by atoms with Gasteiger partial charge in [0.1, 0.15) is 5.75 Å². The largest absolute Gasteiger partial charge is 0.496 e. The Morgan fingerprint density at radius 3 is 2.27 bits per heavy atom. The molecule has 7 nitrogen and oxygen atoms in total. The number of carbonyl (C=O) groups excluding carboxylic acids is 2. The molecule has 0 aromatic heterocycles. The van der Waals surface area contributed by atoms with Crippen LogP contribution in [0.5, 0.6) is 17.2 Å². The number of benzene rings is 2. The summed E-state index contributed by atoms with van der Waals surface area (Å²) in [5.74, 6) is 1.86. The number of nitrogens with one attached hydrogen (secondary N) is 1. The highest BCUT2D eigenvalue weighted by Crippen LogP contribution is 2.29. The zero-order chi connectivity index (χ0) is 21.5. The number of ether oxygens (including phenoxy) is 3. The van der Waals surface area contributed by atoms with Gasteiger partial charge in [0, 0.05) is 25.2 Å². The van der Waals surface area contributed by atoms with Crippen LogP contribution in [0.1, 0.15) is 33.6 Å². The second-order valence-electron chi connectivity index (χ2n) is 7.22. The molecule has 0 bridgehead atoms. The van der Waals surface area contributed by atoms with E-state index < -0.39 is 0 Å². The van der Waals surface area contributed by atoms with E-state index in [0.29, 0.717) is 53.9 Å². The predicted molar refractivity (Wildman–Crippen MR) is 114 cm³/mol. The average molecular weight is 412 g/mol. The van der Waals surface area contributed by atoms with Crippen molar-refractivity contribution in [3.63, 3.8) is 0 Å². The van der Waals surface area contributed by atoms with Crippen LogP contribution in [0, 0.1) is 5.92 Å². The Labute approximate surface area is 176 Å². The molecule has 160 valence electrons. The Balaban J connectivity index is 1.52. The molecule has 0 unspecified atom stereocenters. The number of hydrogen-bond acceptors (Lipinski definition) is 5. The number of amides is 2. The first-order valence-corrected chi connectivity index (χ1v) is 10.00. The zero-order valence-corrected chi connectivity index (χ0v) is 17.6. The van der Waals surface area contributed by atoms with Gasteiger partial charge in [0.25, 0.3) is 11.8 Å². The van der Waals surface area contributed by atoms with E-state index in [1.165, 1.54) is 0 Å². The Hall–Kier alpha value is -3.22. The van der Waals surface area contributed by atoms with Crippen LogP contribution >= 0.6 is 0 Å². The van der Waals surface area contributed by atoms with Crippen LogP contribution in [0.25, 0.3) is 0 Å². The minimum absolute atomic E-state index is 0.0209. The van der Waals surface area contributed by atoms with E-state index in [1.807, 2.05) is 17.0 Å². The molecule has 0 radical (unpaired) electrons. The first kappa shape index (κ1) is 21.5. The van der Waals surface area contributed by atoms with Gasteiger partial charge in [-0.15, -0.1) is 0 Å². The molecule has 1 aliphatic rings. The first-order chi connectivity index (χ1) is 14.6. The summed E-state index contributed by atoms with van der Waals surface area (Å²) in [6.07, 6.45) is 1.68. The molecule has 0 saturated carbocycles. The van der Waals surface area contributed by atoms with Crippen molar-refractivity contribution < 1.29 is 23.8 Å². The van der Waals surface area contributed by atoms with Crippen LogP contribution in [0.2, 0.25) is 0 Å². The number of hydrogen-bond donors (Lipinski definition) is 1. The lowest BCUT2D eigenvalue weighted by molar-refractivity contribution is 0.0683. The van der Waals surface area contributed by atoms with Crippen LogP contribution in [0.15, 0.2) is 42.5 Å². The standard InChI is InChI=1S/C23H28N2O5/c1-28-19-7-5-4-6-18(19)22(26)24-15-16-10-12-25(13-11-16)23(27)17-8-9-20(29-2)21(14-17)30-3/h4-9,14,16H,10-13,15H2,1-3H3,(H,24,26). The van der Waals surface area contributed by atoms with Gasteiger partial charge < -0.3 is 24.4 Å². The van der Waals surface area contributed by atoms with Gasteiger partial charge in [-0.25, -0.2) is 0 Å². The summed E-state index contributed by atoms with van der Waals surface area (Å²) in [6, 6.07) is 12.4. The lowest BCUT2D eigenvalue weighted by Crippen LogP contribution is -2.41. The van der Waals surface area contributed by atoms with E-state index in [2.05, 4.69) is 5.32 Å². The maximum Gasteiger partial charge on any atom is 0.255 e. The minimum Gasteiger partial charge on any atom is -0.496 e. The predicted octanol–water partition coefficient (Wildman–Crippen LogP) is 2.99. The molecular formula is C23H28N2O5. The SMILES string of the molecule is COc1ccc(C(=O)N2CCC(CNC(=O)c3ccccc3OC)CC2)cc1OC.